The molecule has 0 aliphatic carbocycles. The Labute approximate surface area is 188 Å². The number of anilines is 1. The van der Waals surface area contributed by atoms with Gasteiger partial charge in [0.1, 0.15) is 17.0 Å². The molecule has 0 saturated carbocycles. The van der Waals surface area contributed by atoms with Gasteiger partial charge >= 0.3 is 7.60 Å². The predicted octanol–water partition coefficient (Wildman–Crippen LogP) is 1.46. The number of hydrogen-bond donors (Lipinski definition) is 2. The highest BCUT2D eigenvalue weighted by Crippen LogP contribution is 2.38. The molecular weight excluding hydrogens is 453 g/mol. The number of methoxy groups -OCH3 is 1. The quantitative estimate of drug-likeness (QED) is 0.474. The number of nitrogens with zero attached hydrogens (tertiary/aromatic N) is 5. The van der Waals surface area contributed by atoms with Crippen molar-refractivity contribution in [1.82, 2.24) is 19.7 Å². The first kappa shape index (κ1) is 23.1. The van der Waals surface area contributed by atoms with Gasteiger partial charge in [0.15, 0.2) is 6.39 Å². The van der Waals surface area contributed by atoms with Crippen LogP contribution in [0, 0.1) is 5.92 Å². The van der Waals surface area contributed by atoms with Gasteiger partial charge in [-0.1, -0.05) is 0 Å². The Morgan fingerprint density at radius 1 is 1.30 bits per heavy atom. The van der Waals surface area contributed by atoms with Crippen LogP contribution in [0.25, 0.3) is 10.8 Å². The van der Waals surface area contributed by atoms with Crippen LogP contribution in [0.15, 0.2) is 34.1 Å². The lowest BCUT2D eigenvalue weighted by molar-refractivity contribution is 0.0886. The van der Waals surface area contributed by atoms with Crippen molar-refractivity contribution in [1.29, 1.82) is 0 Å². The van der Waals surface area contributed by atoms with E-state index in [-0.39, 0.29) is 29.8 Å². The number of rotatable bonds is 7. The van der Waals surface area contributed by atoms with Crippen LogP contribution in [-0.2, 0) is 11.0 Å². The number of fused-ring (bicyclic) bond motifs is 1. The fourth-order valence-electron chi connectivity index (χ4n) is 3.96. The molecule has 1 saturated heterocycles. The minimum atomic E-state index is -3.99. The normalized spacial score (nSPS) is 15.2. The van der Waals surface area contributed by atoms with E-state index in [2.05, 4.69) is 15.1 Å². The second kappa shape index (κ2) is 9.42. The van der Waals surface area contributed by atoms with Crippen molar-refractivity contribution in [3.05, 3.63) is 41.0 Å². The molecule has 0 aromatic carbocycles. The molecule has 0 bridgehead atoms. The Morgan fingerprint density at radius 2 is 2.06 bits per heavy atom. The van der Waals surface area contributed by atoms with Gasteiger partial charge in [-0.25, -0.2) is 4.98 Å². The number of ether oxygens (including phenoxy) is 1. The van der Waals surface area contributed by atoms with E-state index in [1.54, 1.807) is 6.07 Å². The first-order valence-electron chi connectivity index (χ1n) is 10.4. The van der Waals surface area contributed by atoms with Gasteiger partial charge in [0.25, 0.3) is 11.5 Å². The predicted molar refractivity (Wildman–Crippen MR) is 118 cm³/mol. The standard InChI is InChI=1S/C20H24N5O7P/c1-31-19-18-14(10-22-25(20(18)27)17(26)9-15-11-21-12-32-15)8-16(23-19)24-5-2-13(3-6-24)4-7-33(28,29)30/h8,10-13H,2-7,9H2,1H3,(H2,28,29,30). The van der Waals surface area contributed by atoms with Gasteiger partial charge in [-0.15, -0.1) is 0 Å². The maximum Gasteiger partial charge on any atom is 0.325 e. The first-order valence-corrected chi connectivity index (χ1v) is 12.2. The van der Waals surface area contributed by atoms with E-state index in [0.29, 0.717) is 36.5 Å². The Balaban J connectivity index is 1.55. The van der Waals surface area contributed by atoms with Crippen LogP contribution >= 0.6 is 7.60 Å². The third-order valence-corrected chi connectivity index (χ3v) is 6.57. The highest BCUT2D eigenvalue weighted by molar-refractivity contribution is 7.51. The lowest BCUT2D eigenvalue weighted by atomic mass is 9.94. The van der Waals surface area contributed by atoms with Crippen LogP contribution < -0.4 is 15.2 Å². The van der Waals surface area contributed by atoms with E-state index in [4.69, 9.17) is 18.9 Å². The van der Waals surface area contributed by atoms with Crippen molar-refractivity contribution in [2.24, 2.45) is 5.92 Å². The summed E-state index contributed by atoms with van der Waals surface area (Å²) >= 11 is 0. The van der Waals surface area contributed by atoms with E-state index in [1.807, 2.05) is 4.90 Å². The van der Waals surface area contributed by atoms with E-state index < -0.39 is 19.1 Å². The molecule has 176 valence electrons. The minimum absolute atomic E-state index is 0.0970. The molecule has 33 heavy (non-hydrogen) atoms. The number of piperidine rings is 1. The summed E-state index contributed by atoms with van der Waals surface area (Å²) in [5.41, 5.74) is -0.635. The fraction of sp³-hybridized carbons (Fsp3) is 0.450. The lowest BCUT2D eigenvalue weighted by Gasteiger charge is -2.33. The van der Waals surface area contributed by atoms with Gasteiger partial charge < -0.3 is 23.8 Å². The van der Waals surface area contributed by atoms with Crippen molar-refractivity contribution in [3.8, 4) is 5.88 Å². The van der Waals surface area contributed by atoms with Crippen LogP contribution in [0.1, 0.15) is 29.8 Å². The zero-order valence-electron chi connectivity index (χ0n) is 18.0. The molecule has 4 heterocycles. The van der Waals surface area contributed by atoms with Crippen LogP contribution in [-0.4, -0.2) is 61.8 Å². The van der Waals surface area contributed by atoms with Crippen molar-refractivity contribution in [2.45, 2.75) is 25.7 Å². The van der Waals surface area contributed by atoms with E-state index in [1.165, 1.54) is 25.9 Å². The van der Waals surface area contributed by atoms with Crippen LogP contribution in [0.4, 0.5) is 5.82 Å². The summed E-state index contributed by atoms with van der Waals surface area (Å²) in [6.45, 7) is 1.32. The van der Waals surface area contributed by atoms with Crippen molar-refractivity contribution < 1.29 is 28.3 Å². The van der Waals surface area contributed by atoms with Gasteiger partial charge in [0, 0.05) is 18.5 Å². The monoisotopic (exact) mass is 477 g/mol. The molecule has 0 unspecified atom stereocenters. The Morgan fingerprint density at radius 3 is 2.70 bits per heavy atom. The highest BCUT2D eigenvalue weighted by atomic mass is 31.2. The molecule has 4 rings (SSSR count). The summed E-state index contributed by atoms with van der Waals surface area (Å²) in [6, 6.07) is 1.73. The summed E-state index contributed by atoms with van der Waals surface area (Å²) < 4.78 is 22.3. The van der Waals surface area contributed by atoms with Crippen LogP contribution in [0.5, 0.6) is 5.88 Å². The number of aromatic nitrogens is 4. The lowest BCUT2D eigenvalue weighted by Crippen LogP contribution is -2.35. The summed E-state index contributed by atoms with van der Waals surface area (Å²) in [6.07, 6.45) is 5.79. The molecule has 1 aliphatic rings. The Kier molecular flexibility index (Phi) is 6.59. The summed E-state index contributed by atoms with van der Waals surface area (Å²) in [4.78, 5) is 54.0. The van der Waals surface area contributed by atoms with Gasteiger partial charge in [-0.3, -0.25) is 14.2 Å². The Hall–Kier alpha value is -3.08. The molecule has 3 aromatic rings. The second-order valence-electron chi connectivity index (χ2n) is 7.96. The number of oxazole rings is 1. The van der Waals surface area contributed by atoms with E-state index in [0.717, 1.165) is 17.5 Å². The molecule has 0 radical (unpaired) electrons. The van der Waals surface area contributed by atoms with Crippen molar-refractivity contribution in [3.63, 3.8) is 0 Å². The topological polar surface area (TPSA) is 161 Å². The summed E-state index contributed by atoms with van der Waals surface area (Å²) in [5, 5.41) is 4.67. The smallest absolute Gasteiger partial charge is 0.325 e. The van der Waals surface area contributed by atoms with Gasteiger partial charge in [-0.2, -0.15) is 14.8 Å². The van der Waals surface area contributed by atoms with Gasteiger partial charge in [0.05, 0.1) is 32.1 Å². The van der Waals surface area contributed by atoms with E-state index >= 15 is 0 Å². The number of hydrogen-bond acceptors (Lipinski definition) is 9. The molecule has 2 N–H and O–H groups in total. The maximum absolute atomic E-state index is 13.0. The number of carbonyl (C=O) groups is 1. The molecule has 13 heteroatoms. The molecular formula is C20H24N5O7P. The third kappa shape index (κ3) is 5.29. The molecule has 12 nitrogen and oxygen atoms in total. The van der Waals surface area contributed by atoms with Crippen LogP contribution in [0.2, 0.25) is 0 Å². The molecule has 3 aromatic heterocycles. The zero-order valence-corrected chi connectivity index (χ0v) is 18.8. The summed E-state index contributed by atoms with van der Waals surface area (Å²) in [7, 11) is -2.59. The molecule has 0 atom stereocenters. The second-order valence-corrected chi connectivity index (χ2v) is 9.74. The largest absolute Gasteiger partial charge is 0.480 e. The molecule has 0 amide bonds. The first-order chi connectivity index (χ1) is 15.7. The minimum Gasteiger partial charge on any atom is -0.480 e. The zero-order chi connectivity index (χ0) is 23.6. The molecule has 0 spiro atoms. The van der Waals surface area contributed by atoms with Crippen molar-refractivity contribution in [2.75, 3.05) is 31.3 Å². The third-order valence-electron chi connectivity index (χ3n) is 5.73. The van der Waals surface area contributed by atoms with Gasteiger partial charge in [0.2, 0.25) is 5.88 Å². The number of carbonyl (C=O) groups excluding carboxylic acids is 1. The maximum atomic E-state index is 13.0. The highest BCUT2D eigenvalue weighted by Gasteiger charge is 2.25. The summed E-state index contributed by atoms with van der Waals surface area (Å²) in [5.74, 6) is 0.695. The van der Waals surface area contributed by atoms with Gasteiger partial charge in [-0.05, 0) is 31.2 Å². The average molecular weight is 477 g/mol. The SMILES string of the molecule is COc1nc(N2CCC(CCP(=O)(O)O)CC2)cc2cnn(C(=O)Cc3cnco3)c(=O)c12. The van der Waals surface area contributed by atoms with Crippen molar-refractivity contribution >= 4 is 30.1 Å². The Bertz CT molecular complexity index is 1250. The number of pyridine rings is 1. The van der Waals surface area contributed by atoms with E-state index in [9.17, 15) is 14.2 Å². The average Bonchev–Trinajstić information content (AvgIpc) is 3.30. The fourth-order valence-corrected chi connectivity index (χ4v) is 4.67. The van der Waals surface area contributed by atoms with Crippen LogP contribution in [0.3, 0.4) is 0 Å². The molecule has 1 aliphatic heterocycles. The molecule has 1 fully saturated rings.